The van der Waals surface area contributed by atoms with Crippen molar-refractivity contribution in [3.05, 3.63) is 107 Å². The molecule has 0 aliphatic heterocycles. The number of hydrogen-bond acceptors (Lipinski definition) is 0. The molecule has 0 bridgehead atoms. The molecule has 0 aromatic heterocycles. The van der Waals surface area contributed by atoms with Crippen LogP contribution in [0.25, 0.3) is 10.8 Å². The second-order valence-corrected chi connectivity index (χ2v) is 7.82. The second kappa shape index (κ2) is 8.26. The Morgan fingerprint density at radius 2 is 1.28 bits per heavy atom. The SMILES string of the molecule is CC1=CC(C)C(C#Cc2ccc3cc(C#Cc4ccc(C)cc4)ccc3c2)C=C1. The summed E-state index contributed by atoms with van der Waals surface area (Å²) in [6, 6.07) is 21.1. The van der Waals surface area contributed by atoms with Crippen molar-refractivity contribution in [1.29, 1.82) is 0 Å². The fourth-order valence-corrected chi connectivity index (χ4v) is 3.53. The molecule has 0 radical (unpaired) electrons. The van der Waals surface area contributed by atoms with Crippen LogP contribution in [0.3, 0.4) is 0 Å². The predicted octanol–water partition coefficient (Wildman–Crippen LogP) is 6.67. The molecule has 2 unspecified atom stereocenters. The van der Waals surface area contributed by atoms with E-state index in [2.05, 4.69) is 123 Å². The van der Waals surface area contributed by atoms with Crippen LogP contribution in [0, 0.1) is 42.4 Å². The summed E-state index contributed by atoms with van der Waals surface area (Å²) < 4.78 is 0. The summed E-state index contributed by atoms with van der Waals surface area (Å²) in [5, 5.41) is 2.39. The minimum atomic E-state index is 0.286. The molecular weight excluding hydrogens is 348 g/mol. The summed E-state index contributed by atoms with van der Waals surface area (Å²) in [4.78, 5) is 0. The number of benzene rings is 3. The van der Waals surface area contributed by atoms with Gasteiger partial charge in [-0.3, -0.25) is 0 Å². The van der Waals surface area contributed by atoms with Gasteiger partial charge in [-0.05, 0) is 66.9 Å². The highest BCUT2D eigenvalue weighted by Gasteiger charge is 2.12. The number of aryl methyl sites for hydroxylation is 1. The third-order valence-electron chi connectivity index (χ3n) is 5.28. The molecular formula is C29H24. The molecule has 0 heterocycles. The summed E-state index contributed by atoms with van der Waals surface area (Å²) in [5.74, 6) is 14.0. The Balaban J connectivity index is 1.55. The highest BCUT2D eigenvalue weighted by molar-refractivity contribution is 5.85. The summed E-state index contributed by atoms with van der Waals surface area (Å²) >= 11 is 0. The lowest BCUT2D eigenvalue weighted by molar-refractivity contribution is 0.618. The number of rotatable bonds is 0. The van der Waals surface area contributed by atoms with E-state index in [0.29, 0.717) is 5.92 Å². The molecule has 0 fully saturated rings. The van der Waals surface area contributed by atoms with Crippen LogP contribution in [0.15, 0.2) is 84.5 Å². The molecule has 1 aliphatic carbocycles. The van der Waals surface area contributed by atoms with Crippen LogP contribution in [0.1, 0.15) is 36.1 Å². The predicted molar refractivity (Wildman–Crippen MR) is 124 cm³/mol. The van der Waals surface area contributed by atoms with E-state index in [9.17, 15) is 0 Å². The average Bonchev–Trinajstić information content (AvgIpc) is 2.72. The molecule has 1 aliphatic rings. The first-order chi connectivity index (χ1) is 14.1. The fourth-order valence-electron chi connectivity index (χ4n) is 3.53. The minimum Gasteiger partial charge on any atom is -0.0897 e. The van der Waals surface area contributed by atoms with Gasteiger partial charge in [0.05, 0.1) is 0 Å². The summed E-state index contributed by atoms with van der Waals surface area (Å²) in [5.41, 5.74) is 5.70. The third-order valence-corrected chi connectivity index (χ3v) is 5.28. The van der Waals surface area contributed by atoms with Gasteiger partial charge in [0, 0.05) is 22.6 Å². The van der Waals surface area contributed by atoms with E-state index >= 15 is 0 Å². The Labute approximate surface area is 174 Å². The molecule has 2 atom stereocenters. The Kier molecular flexibility index (Phi) is 5.37. The van der Waals surface area contributed by atoms with Crippen molar-refractivity contribution >= 4 is 10.8 Å². The van der Waals surface area contributed by atoms with Crippen LogP contribution in [0.4, 0.5) is 0 Å². The third kappa shape index (κ3) is 4.68. The largest absolute Gasteiger partial charge is 0.0897 e. The summed E-state index contributed by atoms with van der Waals surface area (Å²) in [7, 11) is 0. The van der Waals surface area contributed by atoms with Gasteiger partial charge in [0.1, 0.15) is 0 Å². The van der Waals surface area contributed by atoms with E-state index in [4.69, 9.17) is 0 Å². The lowest BCUT2D eigenvalue weighted by Gasteiger charge is -2.16. The second-order valence-electron chi connectivity index (χ2n) is 7.82. The van der Waals surface area contributed by atoms with E-state index in [1.54, 1.807) is 0 Å². The molecule has 0 saturated carbocycles. The van der Waals surface area contributed by atoms with Gasteiger partial charge in [-0.15, -0.1) is 0 Å². The fraction of sp³-hybridized carbons (Fsp3) is 0.172. The van der Waals surface area contributed by atoms with Crippen LogP contribution in [0.5, 0.6) is 0 Å². The van der Waals surface area contributed by atoms with E-state index in [-0.39, 0.29) is 5.92 Å². The molecule has 0 amide bonds. The van der Waals surface area contributed by atoms with Crippen molar-refractivity contribution in [3.63, 3.8) is 0 Å². The first-order valence-electron chi connectivity index (χ1n) is 10.1. The van der Waals surface area contributed by atoms with Crippen molar-refractivity contribution in [2.24, 2.45) is 11.8 Å². The van der Waals surface area contributed by atoms with Gasteiger partial charge in [-0.25, -0.2) is 0 Å². The molecule has 0 heteroatoms. The monoisotopic (exact) mass is 372 g/mol. The zero-order valence-electron chi connectivity index (χ0n) is 17.2. The van der Waals surface area contributed by atoms with Crippen LogP contribution in [-0.4, -0.2) is 0 Å². The Morgan fingerprint density at radius 3 is 1.93 bits per heavy atom. The van der Waals surface area contributed by atoms with Crippen molar-refractivity contribution in [1.82, 2.24) is 0 Å². The van der Waals surface area contributed by atoms with E-state index in [1.165, 1.54) is 21.9 Å². The van der Waals surface area contributed by atoms with Gasteiger partial charge in [-0.2, -0.15) is 0 Å². The molecule has 140 valence electrons. The molecule has 0 N–H and O–H groups in total. The normalized spacial score (nSPS) is 17.7. The molecule has 29 heavy (non-hydrogen) atoms. The van der Waals surface area contributed by atoms with Gasteiger partial charge in [0.15, 0.2) is 0 Å². The van der Waals surface area contributed by atoms with E-state index in [1.807, 2.05) is 0 Å². The Morgan fingerprint density at radius 1 is 0.690 bits per heavy atom. The lowest BCUT2D eigenvalue weighted by Crippen LogP contribution is -2.08. The summed E-state index contributed by atoms with van der Waals surface area (Å²) in [6.07, 6.45) is 6.67. The van der Waals surface area contributed by atoms with Crippen LogP contribution >= 0.6 is 0 Å². The zero-order chi connectivity index (χ0) is 20.2. The smallest absolute Gasteiger partial charge is 0.0449 e. The Hall–Kier alpha value is -3.48. The topological polar surface area (TPSA) is 0 Å². The molecule has 0 spiro atoms. The first kappa shape index (κ1) is 18.9. The van der Waals surface area contributed by atoms with Crippen molar-refractivity contribution in [2.45, 2.75) is 20.8 Å². The summed E-state index contributed by atoms with van der Waals surface area (Å²) in [6.45, 7) is 6.45. The number of allylic oxidation sites excluding steroid dienone is 4. The van der Waals surface area contributed by atoms with Gasteiger partial charge in [0.2, 0.25) is 0 Å². The quantitative estimate of drug-likeness (QED) is 0.387. The highest BCUT2D eigenvalue weighted by atomic mass is 14.2. The molecule has 3 aromatic carbocycles. The maximum atomic E-state index is 3.42. The van der Waals surface area contributed by atoms with Gasteiger partial charge >= 0.3 is 0 Å². The molecule has 3 aromatic rings. The first-order valence-corrected chi connectivity index (χ1v) is 10.1. The maximum absolute atomic E-state index is 3.42. The zero-order valence-corrected chi connectivity index (χ0v) is 17.2. The number of hydrogen-bond donors (Lipinski definition) is 0. The average molecular weight is 373 g/mol. The van der Waals surface area contributed by atoms with E-state index in [0.717, 1.165) is 16.7 Å². The van der Waals surface area contributed by atoms with Crippen molar-refractivity contribution in [2.75, 3.05) is 0 Å². The van der Waals surface area contributed by atoms with Crippen LogP contribution < -0.4 is 0 Å². The van der Waals surface area contributed by atoms with Crippen molar-refractivity contribution < 1.29 is 0 Å². The Bertz CT molecular complexity index is 1230. The van der Waals surface area contributed by atoms with Gasteiger partial charge < -0.3 is 0 Å². The van der Waals surface area contributed by atoms with E-state index < -0.39 is 0 Å². The molecule has 0 nitrogen and oxygen atoms in total. The van der Waals surface area contributed by atoms with Crippen LogP contribution in [-0.2, 0) is 0 Å². The lowest BCUT2D eigenvalue weighted by atomic mass is 9.88. The van der Waals surface area contributed by atoms with Gasteiger partial charge in [0.25, 0.3) is 0 Å². The highest BCUT2D eigenvalue weighted by Crippen LogP contribution is 2.22. The standard InChI is InChI=1S/C29H24/c1-21-4-7-24(8-5-21)9-10-25-12-16-29-20-26(13-17-28(29)19-25)11-15-27-14-6-22(2)18-23(27)3/h4-8,12-14,16-20,23,27H,1-3H3. The maximum Gasteiger partial charge on any atom is 0.0449 e. The number of fused-ring (bicyclic) bond motifs is 1. The minimum absolute atomic E-state index is 0.286. The molecule has 4 rings (SSSR count). The van der Waals surface area contributed by atoms with Gasteiger partial charge in [-0.1, -0.05) is 84.2 Å². The molecule has 0 saturated heterocycles. The van der Waals surface area contributed by atoms with Crippen LogP contribution in [0.2, 0.25) is 0 Å². The van der Waals surface area contributed by atoms with Crippen molar-refractivity contribution in [3.8, 4) is 23.7 Å².